The molecule has 1 amide bonds. The van der Waals surface area contributed by atoms with Gasteiger partial charge in [-0.2, -0.15) is 0 Å². The molecule has 1 aromatic rings. The number of hydrogen-bond acceptors (Lipinski definition) is 5. The Labute approximate surface area is 176 Å². The summed E-state index contributed by atoms with van der Waals surface area (Å²) < 4.78 is 15.8. The molecule has 1 fully saturated rings. The predicted molar refractivity (Wildman–Crippen MR) is 113 cm³/mol. The lowest BCUT2D eigenvalue weighted by Crippen LogP contribution is -2.54. The molecule has 0 unspecified atom stereocenters. The van der Waals surface area contributed by atoms with Gasteiger partial charge in [-0.1, -0.05) is 6.07 Å². The van der Waals surface area contributed by atoms with Gasteiger partial charge in [0.25, 0.3) is 0 Å². The highest BCUT2D eigenvalue weighted by Gasteiger charge is 2.23. The number of piperazine rings is 1. The molecule has 8 nitrogen and oxygen atoms in total. The van der Waals surface area contributed by atoms with Crippen LogP contribution in [0, 0.1) is 0 Å². The molecule has 0 atom stereocenters. The number of benzene rings is 1. The summed E-state index contributed by atoms with van der Waals surface area (Å²) in [7, 11) is 1.78. The number of amides is 1. The molecule has 0 bridgehead atoms. The summed E-state index contributed by atoms with van der Waals surface area (Å²) >= 11 is 0. The van der Waals surface area contributed by atoms with Crippen LogP contribution >= 0.6 is 24.0 Å². The van der Waals surface area contributed by atoms with Crippen molar-refractivity contribution in [3.05, 3.63) is 23.8 Å². The maximum absolute atomic E-state index is 11.8. The van der Waals surface area contributed by atoms with E-state index in [0.29, 0.717) is 26.5 Å². The van der Waals surface area contributed by atoms with Gasteiger partial charge < -0.3 is 29.3 Å². The minimum absolute atomic E-state index is 0. The number of nitrogens with one attached hydrogen (secondary N) is 1. The molecule has 3 rings (SSSR count). The molecule has 0 spiro atoms. The fourth-order valence-electron chi connectivity index (χ4n) is 3.06. The van der Waals surface area contributed by atoms with Crippen LogP contribution in [-0.4, -0.2) is 75.0 Å². The summed E-state index contributed by atoms with van der Waals surface area (Å²) in [5.41, 5.74) is 1.18. The summed E-state index contributed by atoms with van der Waals surface area (Å²) in [5.74, 6) is 2.47. The van der Waals surface area contributed by atoms with E-state index in [4.69, 9.17) is 14.2 Å². The molecule has 1 saturated heterocycles. The first-order valence-corrected chi connectivity index (χ1v) is 8.97. The molecule has 27 heavy (non-hydrogen) atoms. The number of guanidine groups is 1. The minimum Gasteiger partial charge on any atom is -0.454 e. The molecule has 0 radical (unpaired) electrons. The molecule has 2 aliphatic rings. The fraction of sp³-hybridized carbons (Fsp3) is 0.556. The first kappa shape index (κ1) is 21.4. The summed E-state index contributed by atoms with van der Waals surface area (Å²) in [6.45, 7) is 6.04. The van der Waals surface area contributed by atoms with E-state index in [2.05, 4.69) is 21.3 Å². The van der Waals surface area contributed by atoms with Gasteiger partial charge in [-0.3, -0.25) is 4.99 Å². The summed E-state index contributed by atoms with van der Waals surface area (Å²) in [6, 6.07) is 6.02. The highest BCUT2D eigenvalue weighted by atomic mass is 127. The minimum atomic E-state index is -0.238. The lowest BCUT2D eigenvalue weighted by molar-refractivity contribution is 0.0914. The molecular weight excluding hydrogens is 463 g/mol. The van der Waals surface area contributed by atoms with E-state index >= 15 is 0 Å². The number of ether oxygens (including phenoxy) is 3. The van der Waals surface area contributed by atoms with Crippen molar-refractivity contribution >= 4 is 36.0 Å². The van der Waals surface area contributed by atoms with E-state index in [1.54, 1.807) is 11.9 Å². The normalized spacial score (nSPS) is 16.0. The van der Waals surface area contributed by atoms with Gasteiger partial charge in [0.2, 0.25) is 6.79 Å². The second-order valence-electron chi connectivity index (χ2n) is 6.08. The van der Waals surface area contributed by atoms with E-state index < -0.39 is 0 Å². The standard InChI is InChI=1S/C18H26N4O4.HI/c1-3-24-18(23)22-10-8-21(9-11-22)17(19-2)20-7-6-14-4-5-15-16(12-14)26-13-25-15;/h4-5,12H,3,6-11,13H2,1-2H3,(H,19,20);1H. The highest BCUT2D eigenvalue weighted by molar-refractivity contribution is 14.0. The Kier molecular flexibility index (Phi) is 8.26. The summed E-state index contributed by atoms with van der Waals surface area (Å²) in [6.07, 6.45) is 0.622. The van der Waals surface area contributed by atoms with Crippen molar-refractivity contribution in [2.24, 2.45) is 4.99 Å². The molecule has 0 saturated carbocycles. The lowest BCUT2D eigenvalue weighted by Gasteiger charge is -2.35. The molecule has 9 heteroatoms. The van der Waals surface area contributed by atoms with Crippen LogP contribution in [0.4, 0.5) is 4.79 Å². The number of fused-ring (bicyclic) bond motifs is 1. The van der Waals surface area contributed by atoms with Crippen LogP contribution < -0.4 is 14.8 Å². The number of halogens is 1. The molecule has 2 aliphatic heterocycles. The molecule has 1 N–H and O–H groups in total. The van der Waals surface area contributed by atoms with E-state index in [9.17, 15) is 4.79 Å². The van der Waals surface area contributed by atoms with Crippen LogP contribution in [-0.2, 0) is 11.2 Å². The van der Waals surface area contributed by atoms with Crippen LogP contribution in [0.5, 0.6) is 11.5 Å². The molecule has 0 aliphatic carbocycles. The smallest absolute Gasteiger partial charge is 0.409 e. The third-order valence-corrected chi connectivity index (χ3v) is 4.45. The van der Waals surface area contributed by atoms with Gasteiger partial charge in [-0.05, 0) is 31.0 Å². The third-order valence-electron chi connectivity index (χ3n) is 4.45. The third kappa shape index (κ3) is 5.53. The number of carbonyl (C=O) groups is 1. The Morgan fingerprint density at radius 3 is 2.59 bits per heavy atom. The Hall–Kier alpha value is -1.91. The number of hydrogen-bond donors (Lipinski definition) is 1. The quantitative estimate of drug-likeness (QED) is 0.395. The summed E-state index contributed by atoms with van der Waals surface area (Å²) in [4.78, 5) is 20.0. The molecule has 1 aromatic carbocycles. The highest BCUT2D eigenvalue weighted by Crippen LogP contribution is 2.32. The second kappa shape index (κ2) is 10.4. The molecule has 150 valence electrons. The second-order valence-corrected chi connectivity index (χ2v) is 6.08. The molecular formula is C18H27IN4O4. The number of nitrogens with zero attached hydrogens (tertiary/aromatic N) is 3. The zero-order chi connectivity index (χ0) is 18.4. The Morgan fingerprint density at radius 2 is 1.89 bits per heavy atom. The van der Waals surface area contributed by atoms with Crippen molar-refractivity contribution in [1.82, 2.24) is 15.1 Å². The van der Waals surface area contributed by atoms with Crippen LogP contribution in [0.15, 0.2) is 23.2 Å². The first-order valence-electron chi connectivity index (χ1n) is 8.97. The van der Waals surface area contributed by atoms with Gasteiger partial charge in [-0.25, -0.2) is 4.79 Å². The van der Waals surface area contributed by atoms with Crippen molar-refractivity contribution in [2.45, 2.75) is 13.3 Å². The average Bonchev–Trinajstić information content (AvgIpc) is 3.13. The van der Waals surface area contributed by atoms with Gasteiger partial charge in [0.05, 0.1) is 6.61 Å². The van der Waals surface area contributed by atoms with Gasteiger partial charge in [0.1, 0.15) is 0 Å². The monoisotopic (exact) mass is 490 g/mol. The fourth-order valence-corrected chi connectivity index (χ4v) is 3.06. The van der Waals surface area contributed by atoms with Gasteiger partial charge >= 0.3 is 6.09 Å². The average molecular weight is 490 g/mol. The van der Waals surface area contributed by atoms with Crippen molar-refractivity contribution in [3.8, 4) is 11.5 Å². The largest absolute Gasteiger partial charge is 0.454 e. The maximum atomic E-state index is 11.8. The zero-order valence-electron chi connectivity index (χ0n) is 15.8. The SMILES string of the molecule is CCOC(=O)N1CCN(C(=NC)NCCc2ccc3c(c2)OCO3)CC1.I. The number of carbonyl (C=O) groups excluding carboxylic acids is 1. The first-order chi connectivity index (χ1) is 12.7. The van der Waals surface area contributed by atoms with Crippen molar-refractivity contribution in [3.63, 3.8) is 0 Å². The molecule has 0 aromatic heterocycles. The Morgan fingerprint density at radius 1 is 1.19 bits per heavy atom. The van der Waals surface area contributed by atoms with E-state index in [0.717, 1.165) is 43.5 Å². The number of rotatable bonds is 4. The molecule has 2 heterocycles. The Balaban J connectivity index is 0.00000261. The van der Waals surface area contributed by atoms with Gasteiger partial charge in [0.15, 0.2) is 17.5 Å². The predicted octanol–water partition coefficient (Wildman–Crippen LogP) is 1.93. The van der Waals surface area contributed by atoms with Crippen LogP contribution in [0.25, 0.3) is 0 Å². The van der Waals surface area contributed by atoms with Gasteiger partial charge in [0, 0.05) is 39.8 Å². The number of aliphatic imine (C=N–C) groups is 1. The van der Waals surface area contributed by atoms with Crippen LogP contribution in [0.1, 0.15) is 12.5 Å². The van der Waals surface area contributed by atoms with E-state index in [1.165, 1.54) is 5.56 Å². The summed E-state index contributed by atoms with van der Waals surface area (Å²) in [5, 5.41) is 3.39. The van der Waals surface area contributed by atoms with E-state index in [-0.39, 0.29) is 30.1 Å². The van der Waals surface area contributed by atoms with Crippen molar-refractivity contribution in [2.75, 3.05) is 53.2 Å². The van der Waals surface area contributed by atoms with Crippen LogP contribution in [0.2, 0.25) is 0 Å². The van der Waals surface area contributed by atoms with Crippen molar-refractivity contribution < 1.29 is 19.0 Å². The van der Waals surface area contributed by atoms with E-state index in [1.807, 2.05) is 19.1 Å². The topological polar surface area (TPSA) is 75.6 Å². The Bertz CT molecular complexity index is 663. The maximum Gasteiger partial charge on any atom is 0.409 e. The lowest BCUT2D eigenvalue weighted by atomic mass is 10.1. The van der Waals surface area contributed by atoms with Crippen molar-refractivity contribution in [1.29, 1.82) is 0 Å². The zero-order valence-corrected chi connectivity index (χ0v) is 18.1. The van der Waals surface area contributed by atoms with Crippen LogP contribution in [0.3, 0.4) is 0 Å². The van der Waals surface area contributed by atoms with Gasteiger partial charge in [-0.15, -0.1) is 24.0 Å².